The van der Waals surface area contributed by atoms with Crippen LogP contribution in [0.5, 0.6) is 0 Å². The smallest absolute Gasteiger partial charge is 0.306 e. The molecular weight excluding hydrogens is 949 g/mol. The second kappa shape index (κ2) is 62.8. The van der Waals surface area contributed by atoms with Gasteiger partial charge in [-0.2, -0.15) is 0 Å². The van der Waals surface area contributed by atoms with Crippen molar-refractivity contribution in [2.75, 3.05) is 13.2 Å². The maximum atomic E-state index is 12.9. The maximum Gasteiger partial charge on any atom is 0.306 e. The molecule has 426 valence electrons. The van der Waals surface area contributed by atoms with Gasteiger partial charge in [0.1, 0.15) is 13.2 Å². The van der Waals surface area contributed by atoms with Gasteiger partial charge >= 0.3 is 17.9 Å². The Hall–Kier alpha value is -5.75. The standard InChI is InChI=1S/C71H106O6/c1-4-7-10-13-16-19-22-25-27-29-31-33-35-37-39-41-43-46-49-52-55-58-61-64-70(73)76-67-68(66-75-69(72)63-60-57-54-51-48-45-24-21-18-15-12-9-6-3)77-71(74)65-62-59-56-53-50-47-44-42-40-38-36-34-32-30-28-26-23-20-17-14-11-8-5-2/h7-12,16-21,25-28,31-34,37-40,43-48,52,55,68H,4-6,13-15,22-24,29-30,35-36,41-42,49-51,53-54,56-67H2,1-3H3/b10-7-,11-8-,12-9-,19-16-,20-17-,21-18-,27-25-,28-26-,33-31-,34-32-,39-37-,40-38-,46-43-,47-44-,48-45-,55-52-. The SMILES string of the molecule is CC/C=C\C/C=C\C/C=C\C/C=C\C/C=C\C/C=C\C/C=C\CCCC(=O)OCC(COC(=O)CCCCC/C=C\C/C=C\C/C=C\CC)OC(=O)CCCCCC/C=C\C/C=C\C/C=C\C/C=C\C/C=C\C/C=C\CC. The second-order valence-electron chi connectivity index (χ2n) is 18.8. The van der Waals surface area contributed by atoms with Crippen LogP contribution in [0, 0.1) is 0 Å². The van der Waals surface area contributed by atoms with E-state index in [4.69, 9.17) is 14.2 Å². The fraction of sp³-hybridized carbons (Fsp3) is 0.507. The molecule has 0 aliphatic carbocycles. The number of carbonyl (C=O) groups excluding carboxylic acids is 3. The molecule has 0 aromatic rings. The quantitative estimate of drug-likeness (QED) is 0.0261. The van der Waals surface area contributed by atoms with Crippen molar-refractivity contribution < 1.29 is 28.6 Å². The molecule has 1 atom stereocenters. The van der Waals surface area contributed by atoms with Gasteiger partial charge in [0, 0.05) is 19.3 Å². The van der Waals surface area contributed by atoms with Crippen LogP contribution in [-0.4, -0.2) is 37.2 Å². The highest BCUT2D eigenvalue weighted by Crippen LogP contribution is 2.11. The van der Waals surface area contributed by atoms with Gasteiger partial charge in [0.25, 0.3) is 0 Å². The van der Waals surface area contributed by atoms with Gasteiger partial charge in [-0.05, 0) is 154 Å². The zero-order chi connectivity index (χ0) is 55.7. The molecule has 0 bridgehead atoms. The molecule has 0 rings (SSSR count). The van der Waals surface area contributed by atoms with E-state index in [1.54, 1.807) is 0 Å². The first-order chi connectivity index (χ1) is 38.0. The minimum absolute atomic E-state index is 0.133. The van der Waals surface area contributed by atoms with Gasteiger partial charge < -0.3 is 14.2 Å². The van der Waals surface area contributed by atoms with E-state index in [1.807, 2.05) is 0 Å². The first-order valence-corrected chi connectivity index (χ1v) is 29.9. The van der Waals surface area contributed by atoms with Crippen LogP contribution < -0.4 is 0 Å². The van der Waals surface area contributed by atoms with Gasteiger partial charge in [-0.1, -0.05) is 234 Å². The Morgan fingerprint density at radius 3 is 0.779 bits per heavy atom. The third kappa shape index (κ3) is 61.0. The van der Waals surface area contributed by atoms with E-state index in [1.165, 1.54) is 0 Å². The van der Waals surface area contributed by atoms with Crippen LogP contribution in [0.1, 0.15) is 213 Å². The van der Waals surface area contributed by atoms with Gasteiger partial charge in [0.15, 0.2) is 6.10 Å². The molecule has 0 radical (unpaired) electrons. The van der Waals surface area contributed by atoms with E-state index in [2.05, 4.69) is 215 Å². The number of hydrogen-bond donors (Lipinski definition) is 0. The van der Waals surface area contributed by atoms with Crippen molar-refractivity contribution in [1.82, 2.24) is 0 Å². The van der Waals surface area contributed by atoms with E-state index in [9.17, 15) is 14.4 Å². The molecule has 0 saturated heterocycles. The number of ether oxygens (including phenoxy) is 3. The zero-order valence-corrected chi connectivity index (χ0v) is 48.6. The number of unbranched alkanes of at least 4 members (excludes halogenated alkanes) is 8. The highest BCUT2D eigenvalue weighted by atomic mass is 16.6. The van der Waals surface area contributed by atoms with Crippen LogP contribution in [0.2, 0.25) is 0 Å². The zero-order valence-electron chi connectivity index (χ0n) is 48.6. The second-order valence-corrected chi connectivity index (χ2v) is 18.8. The third-order valence-electron chi connectivity index (χ3n) is 11.6. The van der Waals surface area contributed by atoms with Crippen molar-refractivity contribution in [3.63, 3.8) is 0 Å². The molecule has 0 aliphatic rings. The van der Waals surface area contributed by atoms with Crippen molar-refractivity contribution >= 4 is 17.9 Å². The summed E-state index contributed by atoms with van der Waals surface area (Å²) >= 11 is 0. The van der Waals surface area contributed by atoms with Crippen molar-refractivity contribution in [1.29, 1.82) is 0 Å². The van der Waals surface area contributed by atoms with Gasteiger partial charge in [-0.25, -0.2) is 0 Å². The minimum Gasteiger partial charge on any atom is -0.462 e. The maximum absolute atomic E-state index is 12.9. The number of esters is 3. The Morgan fingerprint density at radius 1 is 0.260 bits per heavy atom. The molecule has 0 saturated carbocycles. The Balaban J connectivity index is 4.59. The average molecular weight is 1060 g/mol. The molecule has 0 N–H and O–H groups in total. The van der Waals surface area contributed by atoms with Crippen LogP contribution in [-0.2, 0) is 28.6 Å². The molecule has 77 heavy (non-hydrogen) atoms. The lowest BCUT2D eigenvalue weighted by Gasteiger charge is -2.18. The van der Waals surface area contributed by atoms with Crippen molar-refractivity contribution in [2.24, 2.45) is 0 Å². The number of rotatable bonds is 51. The summed E-state index contributed by atoms with van der Waals surface area (Å²) in [7, 11) is 0. The van der Waals surface area contributed by atoms with Crippen molar-refractivity contribution in [3.8, 4) is 0 Å². The highest BCUT2D eigenvalue weighted by Gasteiger charge is 2.19. The summed E-state index contributed by atoms with van der Waals surface area (Å²) in [6.45, 7) is 6.17. The Labute approximate surface area is 471 Å². The number of hydrogen-bond acceptors (Lipinski definition) is 6. The van der Waals surface area contributed by atoms with E-state index in [0.717, 1.165) is 161 Å². The van der Waals surface area contributed by atoms with Gasteiger partial charge in [0.2, 0.25) is 0 Å². The number of allylic oxidation sites excluding steroid dienone is 32. The Bertz CT molecular complexity index is 1880. The topological polar surface area (TPSA) is 78.9 Å². The van der Waals surface area contributed by atoms with E-state index < -0.39 is 6.10 Å². The van der Waals surface area contributed by atoms with E-state index in [-0.39, 0.29) is 44.0 Å². The largest absolute Gasteiger partial charge is 0.462 e. The third-order valence-corrected chi connectivity index (χ3v) is 11.6. The average Bonchev–Trinajstić information content (AvgIpc) is 3.43. The summed E-state index contributed by atoms with van der Waals surface area (Å²) < 4.78 is 16.8. The summed E-state index contributed by atoms with van der Waals surface area (Å²) in [5, 5.41) is 0. The Kier molecular flexibility index (Phi) is 58.1. The predicted octanol–water partition coefficient (Wildman–Crippen LogP) is 20.6. The molecular formula is C71H106O6. The molecule has 0 aliphatic heterocycles. The molecule has 0 spiro atoms. The van der Waals surface area contributed by atoms with Gasteiger partial charge in [-0.15, -0.1) is 0 Å². The summed E-state index contributed by atoms with van der Waals surface area (Å²) in [5.74, 6) is -1.06. The molecule has 0 fully saturated rings. The van der Waals surface area contributed by atoms with Crippen LogP contribution in [0.25, 0.3) is 0 Å². The first-order valence-electron chi connectivity index (χ1n) is 29.9. The molecule has 0 aromatic carbocycles. The molecule has 0 aromatic heterocycles. The summed E-state index contributed by atoms with van der Waals surface area (Å²) in [5.41, 5.74) is 0. The molecule has 6 heteroatoms. The summed E-state index contributed by atoms with van der Waals surface area (Å²) in [6.07, 6.45) is 95.7. The van der Waals surface area contributed by atoms with Crippen LogP contribution in [0.3, 0.4) is 0 Å². The van der Waals surface area contributed by atoms with Crippen LogP contribution >= 0.6 is 0 Å². The molecule has 0 amide bonds. The monoisotopic (exact) mass is 1050 g/mol. The van der Waals surface area contributed by atoms with Crippen molar-refractivity contribution in [3.05, 3.63) is 194 Å². The number of carbonyl (C=O) groups is 3. The molecule has 1 unspecified atom stereocenters. The molecule has 0 heterocycles. The summed E-state index contributed by atoms with van der Waals surface area (Å²) in [4.78, 5) is 38.2. The highest BCUT2D eigenvalue weighted by molar-refractivity contribution is 5.71. The van der Waals surface area contributed by atoms with E-state index in [0.29, 0.717) is 19.3 Å². The minimum atomic E-state index is -0.841. The molecule has 6 nitrogen and oxygen atoms in total. The lowest BCUT2D eigenvalue weighted by atomic mass is 10.1. The van der Waals surface area contributed by atoms with Crippen LogP contribution in [0.15, 0.2) is 194 Å². The first kappa shape index (κ1) is 71.2. The lowest BCUT2D eigenvalue weighted by Crippen LogP contribution is -2.30. The van der Waals surface area contributed by atoms with Crippen molar-refractivity contribution in [2.45, 2.75) is 219 Å². The summed E-state index contributed by atoms with van der Waals surface area (Å²) in [6, 6.07) is 0. The fourth-order valence-electron chi connectivity index (χ4n) is 7.21. The fourth-order valence-corrected chi connectivity index (χ4v) is 7.21. The lowest BCUT2D eigenvalue weighted by molar-refractivity contribution is -0.167. The van der Waals surface area contributed by atoms with E-state index >= 15 is 0 Å². The van der Waals surface area contributed by atoms with Gasteiger partial charge in [0.05, 0.1) is 0 Å². The van der Waals surface area contributed by atoms with Gasteiger partial charge in [-0.3, -0.25) is 14.4 Å². The Morgan fingerprint density at radius 2 is 0.481 bits per heavy atom. The predicted molar refractivity (Wildman–Crippen MR) is 334 cm³/mol. The van der Waals surface area contributed by atoms with Crippen LogP contribution in [0.4, 0.5) is 0 Å². The normalized spacial score (nSPS) is 13.5.